The van der Waals surface area contributed by atoms with Crippen molar-refractivity contribution in [2.24, 2.45) is 0 Å². The quantitative estimate of drug-likeness (QED) is 0.162. The summed E-state index contributed by atoms with van der Waals surface area (Å²) in [6.07, 6.45) is 5.27. The van der Waals surface area contributed by atoms with Gasteiger partial charge in [0.05, 0.1) is 10.6 Å². The van der Waals surface area contributed by atoms with Crippen LogP contribution in [0, 0.1) is 6.92 Å². The Labute approximate surface area is 291 Å². The summed E-state index contributed by atoms with van der Waals surface area (Å²) in [5.41, 5.74) is 2.84. The van der Waals surface area contributed by atoms with E-state index in [9.17, 15) is 18.0 Å². The molecule has 0 bridgehead atoms. The molecule has 4 aromatic rings. The number of nitrogens with one attached hydrogen (secondary N) is 1. The van der Waals surface area contributed by atoms with Gasteiger partial charge in [0.25, 0.3) is 10.0 Å². The molecule has 246 valence electrons. The summed E-state index contributed by atoms with van der Waals surface area (Å²) >= 11 is 9.85. The fourth-order valence-electron chi connectivity index (χ4n) is 5.93. The number of hydrogen-bond acceptors (Lipinski definition) is 4. The second kappa shape index (κ2) is 16.0. The van der Waals surface area contributed by atoms with E-state index in [2.05, 4.69) is 21.2 Å². The van der Waals surface area contributed by atoms with Gasteiger partial charge in [-0.15, -0.1) is 0 Å². The van der Waals surface area contributed by atoms with Crippen LogP contribution in [0.25, 0.3) is 0 Å². The lowest BCUT2D eigenvalue weighted by Gasteiger charge is -2.35. The lowest BCUT2D eigenvalue weighted by atomic mass is 9.94. The molecule has 1 aliphatic carbocycles. The second-order valence-electron chi connectivity index (χ2n) is 12.0. The van der Waals surface area contributed by atoms with Gasteiger partial charge in [0.2, 0.25) is 11.8 Å². The van der Waals surface area contributed by atoms with Gasteiger partial charge in [-0.3, -0.25) is 13.9 Å². The first-order valence-electron chi connectivity index (χ1n) is 15.8. The molecule has 5 rings (SSSR count). The minimum atomic E-state index is -4.20. The highest BCUT2D eigenvalue weighted by atomic mass is 79.9. The molecule has 0 unspecified atom stereocenters. The molecular formula is C37H39BrClN3O4S. The number of benzene rings is 4. The Kier molecular flexibility index (Phi) is 11.8. The number of aryl methyl sites for hydroxylation is 1. The summed E-state index contributed by atoms with van der Waals surface area (Å²) in [6.45, 7) is 1.44. The van der Waals surface area contributed by atoms with E-state index >= 15 is 0 Å². The Hall–Kier alpha value is -3.66. The number of amides is 2. The largest absolute Gasteiger partial charge is 0.352 e. The van der Waals surface area contributed by atoms with Crippen molar-refractivity contribution in [1.29, 1.82) is 0 Å². The van der Waals surface area contributed by atoms with Crippen molar-refractivity contribution in [2.75, 3.05) is 10.8 Å². The Morgan fingerprint density at radius 3 is 2.23 bits per heavy atom. The molecule has 2 amide bonds. The SMILES string of the molecule is Cc1ccc(S(=O)(=O)N(CC(=O)N(Cc2cccc(Br)c2)[C@@H](Cc2ccccc2)C(=O)NC2CCCCC2)c2cccc(Cl)c2)cc1. The van der Waals surface area contributed by atoms with Crippen LogP contribution in [-0.2, 0) is 32.6 Å². The zero-order valence-corrected chi connectivity index (χ0v) is 29.5. The van der Waals surface area contributed by atoms with E-state index in [4.69, 9.17) is 11.6 Å². The maximum absolute atomic E-state index is 14.7. The monoisotopic (exact) mass is 735 g/mol. The summed E-state index contributed by atoms with van der Waals surface area (Å²) in [5, 5.41) is 3.57. The number of carbonyl (C=O) groups is 2. The highest BCUT2D eigenvalue weighted by molar-refractivity contribution is 9.10. The van der Waals surface area contributed by atoms with Crippen LogP contribution in [0.15, 0.2) is 112 Å². The molecule has 0 spiro atoms. The van der Waals surface area contributed by atoms with Crippen LogP contribution in [0.1, 0.15) is 48.8 Å². The molecule has 7 nitrogen and oxygen atoms in total. The first kappa shape index (κ1) is 34.7. The number of hydrogen-bond donors (Lipinski definition) is 1. The predicted molar refractivity (Wildman–Crippen MR) is 191 cm³/mol. The van der Waals surface area contributed by atoms with Gasteiger partial charge in [-0.25, -0.2) is 8.42 Å². The summed E-state index contributed by atoms with van der Waals surface area (Å²) in [5.74, 6) is -0.764. The average molecular weight is 737 g/mol. The molecule has 1 atom stereocenters. The lowest BCUT2D eigenvalue weighted by molar-refractivity contribution is -0.140. The summed E-state index contributed by atoms with van der Waals surface area (Å²) in [4.78, 5) is 30.4. The highest BCUT2D eigenvalue weighted by Crippen LogP contribution is 2.28. The first-order valence-corrected chi connectivity index (χ1v) is 18.4. The number of sulfonamides is 1. The standard InChI is InChI=1S/C37H39BrClN3O4S/c1-27-18-20-34(21-19-27)47(45,46)42(33-17-9-14-31(39)24-33)26-36(43)41(25-29-12-8-13-30(38)22-29)35(23-28-10-4-2-5-11-28)37(44)40-32-15-6-3-7-16-32/h2,4-5,8-14,17-22,24,32,35H,3,6-7,15-16,23,25-26H2,1H3,(H,40,44)/t35-/m0/s1. The van der Waals surface area contributed by atoms with E-state index < -0.39 is 28.5 Å². The zero-order valence-electron chi connectivity index (χ0n) is 26.3. The summed E-state index contributed by atoms with van der Waals surface area (Å²) in [7, 11) is -4.20. The maximum atomic E-state index is 14.7. The molecule has 1 fully saturated rings. The fraction of sp³-hybridized carbons (Fsp3) is 0.297. The van der Waals surface area contributed by atoms with E-state index in [0.29, 0.717) is 5.02 Å². The Morgan fingerprint density at radius 2 is 1.55 bits per heavy atom. The lowest BCUT2D eigenvalue weighted by Crippen LogP contribution is -2.55. The zero-order chi connectivity index (χ0) is 33.4. The molecule has 1 aliphatic rings. The van der Waals surface area contributed by atoms with Crippen molar-refractivity contribution in [3.63, 3.8) is 0 Å². The van der Waals surface area contributed by atoms with E-state index in [1.807, 2.05) is 61.5 Å². The number of rotatable bonds is 12. The predicted octanol–water partition coefficient (Wildman–Crippen LogP) is 7.70. The third-order valence-electron chi connectivity index (χ3n) is 8.45. The second-order valence-corrected chi connectivity index (χ2v) is 15.2. The molecule has 1 saturated carbocycles. The topological polar surface area (TPSA) is 86.8 Å². The number of anilines is 1. The maximum Gasteiger partial charge on any atom is 0.264 e. The van der Waals surface area contributed by atoms with E-state index in [-0.39, 0.29) is 35.5 Å². The van der Waals surface area contributed by atoms with E-state index in [1.165, 1.54) is 23.1 Å². The molecule has 0 saturated heterocycles. The van der Waals surface area contributed by atoms with Crippen molar-refractivity contribution in [3.05, 3.63) is 129 Å². The molecule has 4 aromatic carbocycles. The molecule has 0 radical (unpaired) electrons. The third-order valence-corrected chi connectivity index (χ3v) is 11.0. The molecule has 10 heteroatoms. The van der Waals surface area contributed by atoms with Crippen LogP contribution >= 0.6 is 27.5 Å². The van der Waals surface area contributed by atoms with Gasteiger partial charge in [-0.05, 0) is 73.4 Å². The average Bonchev–Trinajstić information content (AvgIpc) is 3.06. The highest BCUT2D eigenvalue weighted by Gasteiger charge is 2.35. The summed E-state index contributed by atoms with van der Waals surface area (Å²) in [6, 6.07) is 29.2. The van der Waals surface area contributed by atoms with Crippen LogP contribution in [0.5, 0.6) is 0 Å². The smallest absolute Gasteiger partial charge is 0.264 e. The van der Waals surface area contributed by atoms with Crippen molar-refractivity contribution >= 4 is 55.1 Å². The molecule has 1 N–H and O–H groups in total. The van der Waals surface area contributed by atoms with Gasteiger partial charge >= 0.3 is 0 Å². The van der Waals surface area contributed by atoms with E-state index in [0.717, 1.165) is 57.6 Å². The van der Waals surface area contributed by atoms with Crippen molar-refractivity contribution in [1.82, 2.24) is 10.2 Å². The van der Waals surface area contributed by atoms with Crippen LogP contribution in [0.3, 0.4) is 0 Å². The minimum Gasteiger partial charge on any atom is -0.352 e. The van der Waals surface area contributed by atoms with Crippen LogP contribution in [-0.4, -0.2) is 43.8 Å². The van der Waals surface area contributed by atoms with Crippen molar-refractivity contribution in [3.8, 4) is 0 Å². The third kappa shape index (κ3) is 9.24. The van der Waals surface area contributed by atoms with Crippen LogP contribution < -0.4 is 9.62 Å². The minimum absolute atomic E-state index is 0.0298. The van der Waals surface area contributed by atoms with Gasteiger partial charge in [0.1, 0.15) is 12.6 Å². The van der Waals surface area contributed by atoms with Crippen molar-refractivity contribution < 1.29 is 18.0 Å². The summed E-state index contributed by atoms with van der Waals surface area (Å²) < 4.78 is 30.3. The van der Waals surface area contributed by atoms with Gasteiger partial charge in [0.15, 0.2) is 0 Å². The Morgan fingerprint density at radius 1 is 0.872 bits per heavy atom. The molecular weight excluding hydrogens is 698 g/mol. The Balaban J connectivity index is 1.56. The van der Waals surface area contributed by atoms with Crippen molar-refractivity contribution in [2.45, 2.75) is 69.0 Å². The molecule has 0 aromatic heterocycles. The Bertz CT molecular complexity index is 1780. The number of nitrogens with zero attached hydrogens (tertiary/aromatic N) is 2. The number of carbonyl (C=O) groups excluding carboxylic acids is 2. The molecule has 0 heterocycles. The van der Waals surface area contributed by atoms with E-state index in [1.54, 1.807) is 30.3 Å². The number of halogens is 2. The van der Waals surface area contributed by atoms with Gasteiger partial charge in [-0.1, -0.05) is 113 Å². The fourth-order valence-corrected chi connectivity index (χ4v) is 7.96. The molecule has 0 aliphatic heterocycles. The van der Waals surface area contributed by atoms with Crippen LogP contribution in [0.2, 0.25) is 5.02 Å². The molecule has 47 heavy (non-hydrogen) atoms. The van der Waals surface area contributed by atoms with Gasteiger partial charge in [-0.2, -0.15) is 0 Å². The first-order chi connectivity index (χ1) is 22.6. The van der Waals surface area contributed by atoms with Gasteiger partial charge in [0, 0.05) is 28.5 Å². The van der Waals surface area contributed by atoms with Crippen LogP contribution in [0.4, 0.5) is 5.69 Å². The van der Waals surface area contributed by atoms with Gasteiger partial charge < -0.3 is 10.2 Å². The normalized spacial score (nSPS) is 14.3.